The van der Waals surface area contributed by atoms with E-state index in [4.69, 9.17) is 5.26 Å². The molecule has 0 amide bonds. The van der Waals surface area contributed by atoms with E-state index in [1.54, 1.807) is 0 Å². The standard InChI is InChI=1S/C14H17N3/c1-2-14(17-9-7-16-8-10-17)13-5-3-12(11-15)4-6-13/h2-6,14,16H,1,7-10H2/t14-/m1/s1. The van der Waals surface area contributed by atoms with Gasteiger partial charge in [-0.05, 0) is 17.7 Å². The Bertz CT molecular complexity index is 410. The van der Waals surface area contributed by atoms with Crippen LogP contribution in [0, 0.1) is 11.3 Å². The van der Waals surface area contributed by atoms with E-state index in [1.165, 1.54) is 5.56 Å². The van der Waals surface area contributed by atoms with Gasteiger partial charge in [0.1, 0.15) is 0 Å². The normalized spacial score (nSPS) is 18.3. The quantitative estimate of drug-likeness (QED) is 0.799. The zero-order valence-electron chi connectivity index (χ0n) is 9.89. The van der Waals surface area contributed by atoms with Crippen LogP contribution in [0.4, 0.5) is 0 Å². The molecule has 0 aromatic heterocycles. The van der Waals surface area contributed by atoms with Crippen LogP contribution in [0.1, 0.15) is 17.2 Å². The van der Waals surface area contributed by atoms with Crippen LogP contribution in [0.15, 0.2) is 36.9 Å². The number of hydrogen-bond donors (Lipinski definition) is 1. The molecule has 1 heterocycles. The maximum absolute atomic E-state index is 8.78. The Morgan fingerprint density at radius 1 is 1.29 bits per heavy atom. The Morgan fingerprint density at radius 3 is 2.47 bits per heavy atom. The molecule has 1 saturated heterocycles. The van der Waals surface area contributed by atoms with Gasteiger partial charge in [-0.25, -0.2) is 0 Å². The first-order valence-electron chi connectivity index (χ1n) is 5.92. The summed E-state index contributed by atoms with van der Waals surface area (Å²) in [5, 5.41) is 12.1. The van der Waals surface area contributed by atoms with Gasteiger partial charge in [0.05, 0.1) is 17.7 Å². The zero-order chi connectivity index (χ0) is 12.1. The number of benzene rings is 1. The lowest BCUT2D eigenvalue weighted by molar-refractivity contribution is 0.203. The molecule has 1 aliphatic heterocycles. The molecule has 3 heteroatoms. The molecule has 1 N–H and O–H groups in total. The van der Waals surface area contributed by atoms with Gasteiger partial charge in [0.15, 0.2) is 0 Å². The molecule has 88 valence electrons. The van der Waals surface area contributed by atoms with Crippen LogP contribution in [0.5, 0.6) is 0 Å². The summed E-state index contributed by atoms with van der Waals surface area (Å²) >= 11 is 0. The topological polar surface area (TPSA) is 39.1 Å². The first-order valence-corrected chi connectivity index (χ1v) is 5.92. The van der Waals surface area contributed by atoms with E-state index < -0.39 is 0 Å². The second-order valence-electron chi connectivity index (χ2n) is 4.20. The highest BCUT2D eigenvalue weighted by molar-refractivity contribution is 5.34. The highest BCUT2D eigenvalue weighted by Gasteiger charge is 2.18. The van der Waals surface area contributed by atoms with Crippen LogP contribution in [-0.4, -0.2) is 31.1 Å². The van der Waals surface area contributed by atoms with Crippen molar-refractivity contribution in [2.75, 3.05) is 26.2 Å². The lowest BCUT2D eigenvalue weighted by Crippen LogP contribution is -2.44. The summed E-state index contributed by atoms with van der Waals surface area (Å²) in [6.07, 6.45) is 1.98. The fraction of sp³-hybridized carbons (Fsp3) is 0.357. The van der Waals surface area contributed by atoms with Gasteiger partial charge in [-0.1, -0.05) is 18.2 Å². The average Bonchev–Trinajstić information content (AvgIpc) is 2.42. The maximum Gasteiger partial charge on any atom is 0.0991 e. The molecule has 0 bridgehead atoms. The number of hydrogen-bond acceptors (Lipinski definition) is 3. The van der Waals surface area contributed by atoms with Gasteiger partial charge in [0.2, 0.25) is 0 Å². The molecule has 1 aromatic rings. The Labute approximate surface area is 102 Å². The minimum absolute atomic E-state index is 0.254. The van der Waals surface area contributed by atoms with E-state index in [2.05, 4.69) is 22.9 Å². The van der Waals surface area contributed by atoms with E-state index in [0.29, 0.717) is 5.56 Å². The average molecular weight is 227 g/mol. The Hall–Kier alpha value is -1.63. The van der Waals surface area contributed by atoms with E-state index >= 15 is 0 Å². The molecule has 0 aliphatic carbocycles. The van der Waals surface area contributed by atoms with Crippen molar-refractivity contribution in [1.29, 1.82) is 5.26 Å². The van der Waals surface area contributed by atoms with Gasteiger partial charge in [0, 0.05) is 26.2 Å². The Morgan fingerprint density at radius 2 is 1.94 bits per heavy atom. The van der Waals surface area contributed by atoms with Gasteiger partial charge >= 0.3 is 0 Å². The van der Waals surface area contributed by atoms with Crippen molar-refractivity contribution < 1.29 is 0 Å². The largest absolute Gasteiger partial charge is 0.314 e. The number of nitriles is 1. The smallest absolute Gasteiger partial charge is 0.0991 e. The Balaban J connectivity index is 2.16. The van der Waals surface area contributed by atoms with Gasteiger partial charge in [-0.15, -0.1) is 6.58 Å². The van der Waals surface area contributed by atoms with Crippen LogP contribution >= 0.6 is 0 Å². The molecular weight excluding hydrogens is 210 g/mol. The number of piperazine rings is 1. The van der Waals surface area contributed by atoms with E-state index in [9.17, 15) is 0 Å². The van der Waals surface area contributed by atoms with Crippen molar-refractivity contribution >= 4 is 0 Å². The molecule has 1 aliphatic rings. The summed E-state index contributed by atoms with van der Waals surface area (Å²) in [4.78, 5) is 2.41. The summed E-state index contributed by atoms with van der Waals surface area (Å²) in [7, 11) is 0. The van der Waals surface area contributed by atoms with Gasteiger partial charge < -0.3 is 5.32 Å². The van der Waals surface area contributed by atoms with Crippen molar-refractivity contribution in [3.63, 3.8) is 0 Å². The van der Waals surface area contributed by atoms with Crippen LogP contribution in [0.2, 0.25) is 0 Å². The van der Waals surface area contributed by atoms with Crippen molar-refractivity contribution in [1.82, 2.24) is 10.2 Å². The molecule has 0 spiro atoms. The van der Waals surface area contributed by atoms with Crippen molar-refractivity contribution in [2.45, 2.75) is 6.04 Å². The molecular formula is C14H17N3. The molecule has 0 radical (unpaired) electrons. The second-order valence-corrected chi connectivity index (χ2v) is 4.20. The number of nitrogens with zero attached hydrogens (tertiary/aromatic N) is 2. The van der Waals surface area contributed by atoms with Gasteiger partial charge in [-0.3, -0.25) is 4.90 Å². The van der Waals surface area contributed by atoms with Gasteiger partial charge in [0.25, 0.3) is 0 Å². The van der Waals surface area contributed by atoms with Gasteiger partial charge in [-0.2, -0.15) is 5.26 Å². The minimum Gasteiger partial charge on any atom is -0.314 e. The summed E-state index contributed by atoms with van der Waals surface area (Å²) in [5.74, 6) is 0. The molecule has 1 aromatic carbocycles. The van der Waals surface area contributed by atoms with Crippen LogP contribution in [0.25, 0.3) is 0 Å². The molecule has 1 atom stereocenters. The summed E-state index contributed by atoms with van der Waals surface area (Å²) < 4.78 is 0. The summed E-state index contributed by atoms with van der Waals surface area (Å²) in [5.41, 5.74) is 1.91. The fourth-order valence-corrected chi connectivity index (χ4v) is 2.21. The third-order valence-electron chi connectivity index (χ3n) is 3.15. The monoisotopic (exact) mass is 227 g/mol. The zero-order valence-corrected chi connectivity index (χ0v) is 9.89. The highest BCUT2D eigenvalue weighted by Crippen LogP contribution is 2.22. The lowest BCUT2D eigenvalue weighted by atomic mass is 10.0. The first kappa shape index (κ1) is 11.8. The summed E-state index contributed by atoms with van der Waals surface area (Å²) in [6, 6.07) is 10.2. The molecule has 0 saturated carbocycles. The molecule has 17 heavy (non-hydrogen) atoms. The number of rotatable bonds is 3. The highest BCUT2D eigenvalue weighted by atomic mass is 15.2. The van der Waals surface area contributed by atoms with Crippen molar-refractivity contribution in [3.05, 3.63) is 48.0 Å². The second kappa shape index (κ2) is 5.62. The van der Waals surface area contributed by atoms with Crippen LogP contribution in [-0.2, 0) is 0 Å². The predicted octanol–water partition coefficient (Wildman–Crippen LogP) is 1.69. The fourth-order valence-electron chi connectivity index (χ4n) is 2.21. The molecule has 2 rings (SSSR count). The third kappa shape index (κ3) is 2.73. The molecule has 3 nitrogen and oxygen atoms in total. The summed E-state index contributed by atoms with van der Waals surface area (Å²) in [6.45, 7) is 8.06. The third-order valence-corrected chi connectivity index (χ3v) is 3.15. The van der Waals surface area contributed by atoms with E-state index in [1.807, 2.05) is 30.3 Å². The molecule has 1 fully saturated rings. The minimum atomic E-state index is 0.254. The van der Waals surface area contributed by atoms with Crippen LogP contribution < -0.4 is 5.32 Å². The Kier molecular flexibility index (Phi) is 3.92. The lowest BCUT2D eigenvalue weighted by Gasteiger charge is -2.33. The van der Waals surface area contributed by atoms with E-state index in [0.717, 1.165) is 26.2 Å². The first-order chi connectivity index (χ1) is 8.35. The number of nitrogens with one attached hydrogen (secondary N) is 1. The van der Waals surface area contributed by atoms with E-state index in [-0.39, 0.29) is 6.04 Å². The van der Waals surface area contributed by atoms with Crippen molar-refractivity contribution in [3.8, 4) is 6.07 Å². The molecule has 0 unspecified atom stereocenters. The predicted molar refractivity (Wildman–Crippen MR) is 68.5 cm³/mol. The SMILES string of the molecule is C=C[C@H](c1ccc(C#N)cc1)N1CCNCC1. The maximum atomic E-state index is 8.78. The van der Waals surface area contributed by atoms with Crippen LogP contribution in [0.3, 0.4) is 0 Å². The van der Waals surface area contributed by atoms with Crippen molar-refractivity contribution in [2.24, 2.45) is 0 Å².